The molecule has 3 aromatic carbocycles. The molecular weight excluding hydrogens is 585 g/mol. The summed E-state index contributed by atoms with van der Waals surface area (Å²) >= 11 is 12.3. The molecule has 2 N–H and O–H groups in total. The molecule has 8 nitrogen and oxygen atoms in total. The van der Waals surface area contributed by atoms with Crippen molar-refractivity contribution in [3.05, 3.63) is 82.6 Å². The molecule has 10 heteroatoms. The highest BCUT2D eigenvalue weighted by molar-refractivity contribution is 6.42. The van der Waals surface area contributed by atoms with Gasteiger partial charge in [0.05, 0.1) is 30.0 Å². The summed E-state index contributed by atoms with van der Waals surface area (Å²) < 4.78 is 19.4. The number of hydrogen-bond acceptors (Lipinski definition) is 7. The van der Waals surface area contributed by atoms with Crippen LogP contribution in [0.15, 0.2) is 67.0 Å². The minimum absolute atomic E-state index is 0.398. The Morgan fingerprint density at radius 1 is 0.860 bits per heavy atom. The highest BCUT2D eigenvalue weighted by atomic mass is 35.5. The van der Waals surface area contributed by atoms with Gasteiger partial charge in [0.15, 0.2) is 17.3 Å². The fraction of sp³-hybridized carbons (Fsp3) is 0.273. The maximum absolute atomic E-state index is 6.58. The van der Waals surface area contributed by atoms with Crippen LogP contribution >= 0.6 is 23.2 Å². The number of nitrogens with two attached hydrogens (primary N) is 1. The second-order valence-electron chi connectivity index (χ2n) is 10.5. The van der Waals surface area contributed by atoms with Gasteiger partial charge < -0.3 is 24.8 Å². The minimum Gasteiger partial charge on any atom is -0.497 e. The summed E-state index contributed by atoms with van der Waals surface area (Å²) in [4.78, 5) is 6.92. The van der Waals surface area contributed by atoms with Crippen molar-refractivity contribution in [2.75, 3.05) is 39.6 Å². The smallest absolute Gasteiger partial charge is 0.169 e. The normalized spacial score (nSPS) is 13.5. The third-order valence-corrected chi connectivity index (χ3v) is 8.61. The molecular formula is C33H33Cl2N5O3. The number of likely N-dealkylation sites (tertiary alicyclic amines) is 1. The van der Waals surface area contributed by atoms with Crippen LogP contribution in [-0.4, -0.2) is 53.4 Å². The van der Waals surface area contributed by atoms with Crippen molar-refractivity contribution in [1.82, 2.24) is 19.5 Å². The van der Waals surface area contributed by atoms with Gasteiger partial charge in [0.2, 0.25) is 0 Å². The van der Waals surface area contributed by atoms with Gasteiger partial charge in [-0.15, -0.1) is 0 Å². The van der Waals surface area contributed by atoms with E-state index in [0.29, 0.717) is 33.1 Å². The number of hydrogen-bond donors (Lipinski definition) is 1. The molecule has 0 unspecified atom stereocenters. The Morgan fingerprint density at radius 3 is 2.47 bits per heavy atom. The molecule has 0 saturated carbocycles. The molecule has 0 amide bonds. The number of fused-ring (bicyclic) bond motifs is 1. The zero-order chi connectivity index (χ0) is 29.9. The average Bonchev–Trinajstić information content (AvgIpc) is 3.66. The Kier molecular flexibility index (Phi) is 8.61. The van der Waals surface area contributed by atoms with Gasteiger partial charge in [0, 0.05) is 17.2 Å². The van der Waals surface area contributed by atoms with Gasteiger partial charge in [-0.05, 0) is 92.8 Å². The van der Waals surface area contributed by atoms with E-state index in [-0.39, 0.29) is 0 Å². The van der Waals surface area contributed by atoms with Gasteiger partial charge in [0.25, 0.3) is 0 Å². The van der Waals surface area contributed by atoms with E-state index < -0.39 is 0 Å². The standard InChI is InChI=1S/C33H33Cl2N5O3/c1-41-23-8-5-7-22(17-23)31-25(9-6-16-39-14-3-4-15-39)30(32-33(36)37-20-38-40(31)32)21-10-13-28(29(18-21)42-2)43-24-11-12-26(34)27(35)19-24/h5,7-8,10-13,17-20H,3-4,6,9,14-16H2,1-2H3,(H2,36,37,38). The number of methoxy groups -OCH3 is 2. The van der Waals surface area contributed by atoms with E-state index >= 15 is 0 Å². The molecule has 0 aliphatic carbocycles. The van der Waals surface area contributed by atoms with Crippen molar-refractivity contribution in [2.24, 2.45) is 0 Å². The third kappa shape index (κ3) is 5.95. The second-order valence-corrected chi connectivity index (χ2v) is 11.4. The van der Waals surface area contributed by atoms with Gasteiger partial charge in [0.1, 0.15) is 23.3 Å². The Hall–Kier alpha value is -3.98. The van der Waals surface area contributed by atoms with Crippen LogP contribution in [0.25, 0.3) is 27.9 Å². The molecule has 1 aliphatic rings. The van der Waals surface area contributed by atoms with Gasteiger partial charge in [-0.25, -0.2) is 9.50 Å². The molecule has 5 aromatic rings. The van der Waals surface area contributed by atoms with Crippen LogP contribution in [0.2, 0.25) is 10.0 Å². The average molecular weight is 619 g/mol. The molecule has 43 heavy (non-hydrogen) atoms. The topological polar surface area (TPSA) is 87.1 Å². The number of ether oxygens (including phenoxy) is 3. The Morgan fingerprint density at radius 2 is 1.70 bits per heavy atom. The largest absolute Gasteiger partial charge is 0.497 e. The third-order valence-electron chi connectivity index (χ3n) is 7.87. The number of nitrogen functional groups attached to an aromatic ring is 1. The van der Waals surface area contributed by atoms with Gasteiger partial charge >= 0.3 is 0 Å². The van der Waals surface area contributed by atoms with Crippen molar-refractivity contribution < 1.29 is 14.2 Å². The summed E-state index contributed by atoms with van der Waals surface area (Å²) in [5.74, 6) is 2.82. The zero-order valence-electron chi connectivity index (χ0n) is 24.1. The van der Waals surface area contributed by atoms with Crippen LogP contribution in [0, 0.1) is 0 Å². The fourth-order valence-electron chi connectivity index (χ4n) is 5.84. The lowest BCUT2D eigenvalue weighted by Gasteiger charge is -2.16. The summed E-state index contributed by atoms with van der Waals surface area (Å²) in [6.45, 7) is 3.34. The highest BCUT2D eigenvalue weighted by Gasteiger charge is 2.25. The molecule has 0 bridgehead atoms. The summed E-state index contributed by atoms with van der Waals surface area (Å²) in [7, 11) is 3.29. The predicted octanol–water partition coefficient (Wildman–Crippen LogP) is 7.79. The van der Waals surface area contributed by atoms with Crippen molar-refractivity contribution in [1.29, 1.82) is 0 Å². The molecule has 1 aliphatic heterocycles. The van der Waals surface area contributed by atoms with Crippen LogP contribution in [0.1, 0.15) is 24.8 Å². The van der Waals surface area contributed by atoms with Crippen LogP contribution in [0.4, 0.5) is 5.82 Å². The van der Waals surface area contributed by atoms with Crippen LogP contribution in [0.5, 0.6) is 23.0 Å². The summed E-state index contributed by atoms with van der Waals surface area (Å²) in [5.41, 5.74) is 12.3. The van der Waals surface area contributed by atoms with E-state index in [2.05, 4.69) is 16.0 Å². The molecule has 2 aromatic heterocycles. The minimum atomic E-state index is 0.398. The van der Waals surface area contributed by atoms with E-state index in [1.165, 1.54) is 19.2 Å². The molecule has 0 radical (unpaired) electrons. The first-order chi connectivity index (χ1) is 21.0. The molecule has 1 fully saturated rings. The van der Waals surface area contributed by atoms with Gasteiger partial charge in [-0.1, -0.05) is 41.4 Å². The van der Waals surface area contributed by atoms with Crippen molar-refractivity contribution in [3.63, 3.8) is 0 Å². The first kappa shape index (κ1) is 29.1. The van der Waals surface area contributed by atoms with Crippen molar-refractivity contribution >= 4 is 34.5 Å². The van der Waals surface area contributed by atoms with Crippen LogP contribution in [0.3, 0.4) is 0 Å². The number of halogens is 2. The molecule has 6 rings (SSSR count). The van der Waals surface area contributed by atoms with Crippen LogP contribution < -0.4 is 19.9 Å². The first-order valence-electron chi connectivity index (χ1n) is 14.3. The van der Waals surface area contributed by atoms with Gasteiger partial charge in [-0.3, -0.25) is 0 Å². The highest BCUT2D eigenvalue weighted by Crippen LogP contribution is 2.44. The second kappa shape index (κ2) is 12.7. The van der Waals surface area contributed by atoms with E-state index in [1.807, 2.05) is 40.9 Å². The summed E-state index contributed by atoms with van der Waals surface area (Å²) in [6.07, 6.45) is 5.84. The van der Waals surface area contributed by atoms with E-state index in [1.54, 1.807) is 32.4 Å². The molecule has 0 spiro atoms. The number of nitrogens with zero attached hydrogens (tertiary/aromatic N) is 4. The maximum Gasteiger partial charge on any atom is 0.169 e. The van der Waals surface area contributed by atoms with E-state index in [4.69, 9.17) is 48.2 Å². The van der Waals surface area contributed by atoms with Crippen molar-refractivity contribution in [3.8, 4) is 45.4 Å². The quantitative estimate of drug-likeness (QED) is 0.171. The monoisotopic (exact) mass is 617 g/mol. The predicted molar refractivity (Wildman–Crippen MR) is 172 cm³/mol. The first-order valence-corrected chi connectivity index (χ1v) is 15.0. The number of anilines is 1. The number of aromatic nitrogens is 3. The molecule has 3 heterocycles. The summed E-state index contributed by atoms with van der Waals surface area (Å²) in [6, 6.07) is 19.0. The maximum atomic E-state index is 6.58. The Labute approximate surface area is 260 Å². The zero-order valence-corrected chi connectivity index (χ0v) is 25.7. The SMILES string of the molecule is COc1cccc(-c2c(CCCN3CCCC3)c(-c3ccc(Oc4ccc(Cl)c(Cl)c4)c(OC)c3)c3c(N)ncnn23)c1. The fourth-order valence-corrected chi connectivity index (χ4v) is 6.13. The molecule has 222 valence electrons. The van der Waals surface area contributed by atoms with E-state index in [0.717, 1.165) is 71.7 Å². The number of rotatable bonds is 10. The van der Waals surface area contributed by atoms with E-state index in [9.17, 15) is 0 Å². The van der Waals surface area contributed by atoms with Gasteiger partial charge in [-0.2, -0.15) is 5.10 Å². The molecule has 1 saturated heterocycles. The molecule has 0 atom stereocenters. The Balaban J connectivity index is 1.49. The lowest BCUT2D eigenvalue weighted by atomic mass is 9.95. The van der Waals surface area contributed by atoms with Crippen LogP contribution in [-0.2, 0) is 6.42 Å². The number of benzene rings is 3. The lowest BCUT2D eigenvalue weighted by Crippen LogP contribution is -2.20. The summed E-state index contributed by atoms with van der Waals surface area (Å²) in [5, 5.41) is 5.56. The Bertz CT molecular complexity index is 1770. The van der Waals surface area contributed by atoms with Crippen molar-refractivity contribution in [2.45, 2.75) is 25.7 Å². The lowest BCUT2D eigenvalue weighted by molar-refractivity contribution is 0.334.